The van der Waals surface area contributed by atoms with Gasteiger partial charge in [0.25, 0.3) is 0 Å². The van der Waals surface area contributed by atoms with Crippen LogP contribution in [-0.4, -0.2) is 27.5 Å². The molecule has 5 nitrogen and oxygen atoms in total. The Balaban J connectivity index is 2.40. The fourth-order valence-corrected chi connectivity index (χ4v) is 1.67. The van der Waals surface area contributed by atoms with Crippen molar-refractivity contribution in [3.05, 3.63) is 30.1 Å². The first-order valence-corrected chi connectivity index (χ1v) is 5.81. The Morgan fingerprint density at radius 2 is 2.17 bits per heavy atom. The first-order valence-electron chi connectivity index (χ1n) is 5.81. The quantitative estimate of drug-likeness (QED) is 0.799. The van der Waals surface area contributed by atoms with Crippen LogP contribution in [0.3, 0.4) is 0 Å². The third-order valence-electron chi connectivity index (χ3n) is 2.43. The summed E-state index contributed by atoms with van der Waals surface area (Å²) < 4.78 is 0. The van der Waals surface area contributed by atoms with Crippen molar-refractivity contribution in [1.29, 1.82) is 0 Å². The summed E-state index contributed by atoms with van der Waals surface area (Å²) in [4.78, 5) is 26.3. The number of hydrogen-bond acceptors (Lipinski definition) is 3. The summed E-state index contributed by atoms with van der Waals surface area (Å²) in [6.45, 7) is 3.40. The van der Waals surface area contributed by atoms with E-state index in [1.165, 1.54) is 0 Å². The molecule has 0 saturated carbocycles. The van der Waals surface area contributed by atoms with Crippen molar-refractivity contribution in [2.45, 2.75) is 38.6 Å². The number of aliphatic carboxylic acids is 1. The van der Waals surface area contributed by atoms with Crippen molar-refractivity contribution >= 4 is 11.9 Å². The summed E-state index contributed by atoms with van der Waals surface area (Å²) in [7, 11) is 0. The zero-order chi connectivity index (χ0) is 13.6. The maximum absolute atomic E-state index is 11.7. The Labute approximate surface area is 106 Å². The molecule has 0 aliphatic rings. The average Bonchev–Trinajstić information content (AvgIpc) is 2.25. The highest BCUT2D eigenvalue weighted by Crippen LogP contribution is 2.09. The van der Waals surface area contributed by atoms with Gasteiger partial charge < -0.3 is 10.4 Å². The van der Waals surface area contributed by atoms with Crippen LogP contribution in [0.2, 0.25) is 0 Å². The maximum atomic E-state index is 11.7. The minimum atomic E-state index is -0.924. The van der Waals surface area contributed by atoms with Crippen molar-refractivity contribution < 1.29 is 14.7 Å². The molecule has 98 valence electrons. The minimum Gasteiger partial charge on any atom is -0.481 e. The topological polar surface area (TPSA) is 79.3 Å². The maximum Gasteiger partial charge on any atom is 0.305 e. The molecule has 0 fully saturated rings. The van der Waals surface area contributed by atoms with Crippen LogP contribution < -0.4 is 5.32 Å². The van der Waals surface area contributed by atoms with E-state index in [1.807, 2.05) is 12.1 Å². The number of aryl methyl sites for hydroxylation is 1. The largest absolute Gasteiger partial charge is 0.481 e. The molecule has 0 radical (unpaired) electrons. The molecule has 1 rings (SSSR count). The molecule has 0 aromatic carbocycles. The summed E-state index contributed by atoms with van der Waals surface area (Å²) in [5, 5.41) is 11.4. The first-order chi connectivity index (χ1) is 8.39. The number of carbonyl (C=O) groups is 2. The Morgan fingerprint density at radius 1 is 1.44 bits per heavy atom. The SMILES string of the molecule is CC(C)(CC(=O)O)NC(=O)CCc1cccnc1. The van der Waals surface area contributed by atoms with E-state index in [-0.39, 0.29) is 12.3 Å². The number of hydrogen-bond donors (Lipinski definition) is 2. The van der Waals surface area contributed by atoms with Gasteiger partial charge in [0.1, 0.15) is 0 Å². The van der Waals surface area contributed by atoms with Gasteiger partial charge in [-0.2, -0.15) is 0 Å². The molecular formula is C13H18N2O3. The van der Waals surface area contributed by atoms with E-state index < -0.39 is 11.5 Å². The fraction of sp³-hybridized carbons (Fsp3) is 0.462. The normalized spacial score (nSPS) is 11.0. The minimum absolute atomic E-state index is 0.0916. The van der Waals surface area contributed by atoms with Crippen LogP contribution in [-0.2, 0) is 16.0 Å². The predicted octanol–water partition coefficient (Wildman–Crippen LogP) is 1.38. The fourth-order valence-electron chi connectivity index (χ4n) is 1.67. The van der Waals surface area contributed by atoms with Crippen molar-refractivity contribution in [2.75, 3.05) is 0 Å². The molecule has 2 N–H and O–H groups in total. The second-order valence-electron chi connectivity index (χ2n) is 4.86. The Hall–Kier alpha value is -1.91. The highest BCUT2D eigenvalue weighted by atomic mass is 16.4. The number of pyridine rings is 1. The summed E-state index contributed by atoms with van der Waals surface area (Å²) in [5.41, 5.74) is 0.265. The van der Waals surface area contributed by atoms with Gasteiger partial charge in [0.2, 0.25) is 5.91 Å². The Kier molecular flexibility index (Phi) is 4.83. The molecule has 1 amide bonds. The Bertz CT molecular complexity index is 416. The number of carboxylic acid groups (broad SMARTS) is 1. The number of nitrogens with zero attached hydrogens (tertiary/aromatic N) is 1. The molecule has 5 heteroatoms. The molecule has 0 saturated heterocycles. The number of nitrogens with one attached hydrogen (secondary N) is 1. The zero-order valence-electron chi connectivity index (χ0n) is 10.6. The van der Waals surface area contributed by atoms with Gasteiger partial charge in [-0.15, -0.1) is 0 Å². The average molecular weight is 250 g/mol. The second kappa shape index (κ2) is 6.14. The molecule has 0 aliphatic carbocycles. The molecule has 0 aliphatic heterocycles. The summed E-state index contributed by atoms with van der Waals surface area (Å²) >= 11 is 0. The van der Waals surface area contributed by atoms with Gasteiger partial charge in [0.15, 0.2) is 0 Å². The van der Waals surface area contributed by atoms with Crippen molar-refractivity contribution in [3.8, 4) is 0 Å². The summed E-state index contributed by atoms with van der Waals surface area (Å²) in [6.07, 6.45) is 4.23. The van der Waals surface area contributed by atoms with E-state index in [1.54, 1.807) is 26.2 Å². The number of rotatable bonds is 6. The third kappa shape index (κ3) is 5.43. The second-order valence-corrected chi connectivity index (χ2v) is 4.86. The molecule has 1 aromatic rings. The van der Waals surface area contributed by atoms with Crippen LogP contribution in [0.4, 0.5) is 0 Å². The molecule has 0 unspecified atom stereocenters. The summed E-state index contributed by atoms with van der Waals surface area (Å²) in [5.74, 6) is -1.07. The molecule has 1 heterocycles. The highest BCUT2D eigenvalue weighted by Gasteiger charge is 2.23. The zero-order valence-corrected chi connectivity index (χ0v) is 10.6. The molecule has 18 heavy (non-hydrogen) atoms. The van der Waals surface area contributed by atoms with Gasteiger partial charge in [0, 0.05) is 24.4 Å². The van der Waals surface area contributed by atoms with Gasteiger partial charge in [-0.05, 0) is 31.9 Å². The van der Waals surface area contributed by atoms with Crippen LogP contribution >= 0.6 is 0 Å². The van der Waals surface area contributed by atoms with E-state index in [9.17, 15) is 9.59 Å². The van der Waals surface area contributed by atoms with E-state index >= 15 is 0 Å². The first kappa shape index (κ1) is 14.2. The molecule has 0 bridgehead atoms. The van der Waals surface area contributed by atoms with Crippen LogP contribution in [0, 0.1) is 0 Å². The van der Waals surface area contributed by atoms with Gasteiger partial charge >= 0.3 is 5.97 Å². The standard InChI is InChI=1S/C13H18N2O3/c1-13(2,8-12(17)18)15-11(16)6-5-10-4-3-7-14-9-10/h3-4,7,9H,5-6,8H2,1-2H3,(H,15,16)(H,17,18). The monoisotopic (exact) mass is 250 g/mol. The molecule has 0 spiro atoms. The Morgan fingerprint density at radius 3 is 2.72 bits per heavy atom. The van der Waals surface area contributed by atoms with E-state index in [4.69, 9.17) is 5.11 Å². The van der Waals surface area contributed by atoms with Crippen LogP contribution in [0.5, 0.6) is 0 Å². The van der Waals surface area contributed by atoms with Gasteiger partial charge in [-0.1, -0.05) is 6.07 Å². The lowest BCUT2D eigenvalue weighted by Gasteiger charge is -2.24. The molecule has 0 atom stereocenters. The van der Waals surface area contributed by atoms with E-state index in [2.05, 4.69) is 10.3 Å². The number of amides is 1. The van der Waals surface area contributed by atoms with Crippen molar-refractivity contribution in [2.24, 2.45) is 0 Å². The lowest BCUT2D eigenvalue weighted by Crippen LogP contribution is -2.45. The third-order valence-corrected chi connectivity index (χ3v) is 2.43. The lowest BCUT2D eigenvalue weighted by molar-refractivity contribution is -0.138. The molecule has 1 aromatic heterocycles. The van der Waals surface area contributed by atoms with E-state index in [0.29, 0.717) is 12.8 Å². The molecular weight excluding hydrogens is 232 g/mol. The van der Waals surface area contributed by atoms with Crippen LogP contribution in [0.1, 0.15) is 32.3 Å². The van der Waals surface area contributed by atoms with Crippen LogP contribution in [0.15, 0.2) is 24.5 Å². The highest BCUT2D eigenvalue weighted by molar-refractivity contribution is 5.78. The van der Waals surface area contributed by atoms with Crippen molar-refractivity contribution in [1.82, 2.24) is 10.3 Å². The van der Waals surface area contributed by atoms with Gasteiger partial charge in [-0.3, -0.25) is 14.6 Å². The lowest BCUT2D eigenvalue weighted by atomic mass is 10.0. The summed E-state index contributed by atoms with van der Waals surface area (Å²) in [6, 6.07) is 3.73. The van der Waals surface area contributed by atoms with E-state index in [0.717, 1.165) is 5.56 Å². The number of aromatic nitrogens is 1. The van der Waals surface area contributed by atoms with Crippen LogP contribution in [0.25, 0.3) is 0 Å². The number of carboxylic acids is 1. The van der Waals surface area contributed by atoms with Gasteiger partial charge in [0.05, 0.1) is 6.42 Å². The smallest absolute Gasteiger partial charge is 0.305 e. The van der Waals surface area contributed by atoms with Crippen molar-refractivity contribution in [3.63, 3.8) is 0 Å². The predicted molar refractivity (Wildman–Crippen MR) is 67.0 cm³/mol. The van der Waals surface area contributed by atoms with Gasteiger partial charge in [-0.25, -0.2) is 0 Å². The number of carbonyl (C=O) groups excluding carboxylic acids is 1.